The van der Waals surface area contributed by atoms with E-state index in [1.165, 1.54) is 0 Å². The summed E-state index contributed by atoms with van der Waals surface area (Å²) in [5, 5.41) is 0. The molecule has 0 aliphatic carbocycles. The molecule has 0 fully saturated rings. The van der Waals surface area contributed by atoms with Crippen LogP contribution < -0.4 is 4.90 Å². The van der Waals surface area contributed by atoms with E-state index in [9.17, 15) is 9.59 Å². The van der Waals surface area contributed by atoms with E-state index in [0.717, 1.165) is 22.3 Å². The maximum atomic E-state index is 13.4. The van der Waals surface area contributed by atoms with Gasteiger partial charge in [0.15, 0.2) is 0 Å². The number of nitrogens with zero attached hydrogens (tertiary/aromatic N) is 3. The van der Waals surface area contributed by atoms with E-state index in [2.05, 4.69) is 0 Å². The van der Waals surface area contributed by atoms with Crippen LogP contribution >= 0.6 is 0 Å². The molecule has 0 spiro atoms. The Morgan fingerprint density at radius 3 is 2.43 bits per heavy atom. The molecule has 4 aromatic rings. The average molecular weight is 395 g/mol. The second-order valence-corrected chi connectivity index (χ2v) is 7.42. The summed E-state index contributed by atoms with van der Waals surface area (Å²) in [6, 6.07) is 24.7. The fourth-order valence-electron chi connectivity index (χ4n) is 4.32. The predicted molar refractivity (Wildman–Crippen MR) is 117 cm³/mol. The number of aromatic nitrogens is 2. The van der Waals surface area contributed by atoms with Crippen LogP contribution in [0.3, 0.4) is 0 Å². The number of likely N-dealkylation sites (N-methyl/N-ethyl adjacent to an activating group) is 1. The maximum absolute atomic E-state index is 13.4. The number of imidazole rings is 1. The Labute approximate surface area is 174 Å². The van der Waals surface area contributed by atoms with Crippen LogP contribution in [0.4, 0.5) is 5.69 Å². The standard InChI is InChI=1S/C25H21N3O2/c1-2-27-21-14-8-6-12-18(21)19(25(27)30)16-23-26-20-13-7-9-15-22(20)28(23)24(29)17-10-4-3-5-11-17/h3-15,19H,2,16H2,1H3. The second-order valence-electron chi connectivity index (χ2n) is 7.42. The van der Waals surface area contributed by atoms with Crippen LogP contribution in [0, 0.1) is 0 Å². The Kier molecular flexibility index (Phi) is 4.43. The molecule has 1 atom stereocenters. The minimum atomic E-state index is -0.347. The summed E-state index contributed by atoms with van der Waals surface area (Å²) in [5.41, 5.74) is 4.05. The third-order valence-electron chi connectivity index (χ3n) is 5.72. The summed E-state index contributed by atoms with van der Waals surface area (Å²) in [4.78, 5) is 33.1. The summed E-state index contributed by atoms with van der Waals surface area (Å²) in [7, 11) is 0. The minimum Gasteiger partial charge on any atom is -0.312 e. The molecule has 148 valence electrons. The minimum absolute atomic E-state index is 0.0597. The van der Waals surface area contributed by atoms with Gasteiger partial charge < -0.3 is 4.90 Å². The number of carbonyl (C=O) groups excluding carboxylic acids is 2. The number of hydrogen-bond donors (Lipinski definition) is 0. The quantitative estimate of drug-likeness (QED) is 0.514. The fourth-order valence-corrected chi connectivity index (χ4v) is 4.32. The molecule has 3 aromatic carbocycles. The van der Waals surface area contributed by atoms with Crippen molar-refractivity contribution in [2.24, 2.45) is 0 Å². The van der Waals surface area contributed by atoms with Gasteiger partial charge in [-0.15, -0.1) is 0 Å². The topological polar surface area (TPSA) is 55.2 Å². The molecule has 1 unspecified atom stereocenters. The Hall–Kier alpha value is -3.73. The Balaban J connectivity index is 1.62. The van der Waals surface area contributed by atoms with Crippen LogP contribution in [0.5, 0.6) is 0 Å². The van der Waals surface area contributed by atoms with Crippen molar-refractivity contribution in [1.29, 1.82) is 0 Å². The molecule has 1 aromatic heterocycles. The summed E-state index contributed by atoms with van der Waals surface area (Å²) in [6.45, 7) is 2.59. The monoisotopic (exact) mass is 395 g/mol. The van der Waals surface area contributed by atoms with Gasteiger partial charge >= 0.3 is 0 Å². The van der Waals surface area contributed by atoms with Crippen molar-refractivity contribution in [3.63, 3.8) is 0 Å². The largest absolute Gasteiger partial charge is 0.312 e. The second kappa shape index (κ2) is 7.26. The first-order chi connectivity index (χ1) is 14.7. The first-order valence-electron chi connectivity index (χ1n) is 10.2. The molecule has 5 nitrogen and oxygen atoms in total. The smallest absolute Gasteiger partial charge is 0.263 e. The molecule has 0 radical (unpaired) electrons. The predicted octanol–water partition coefficient (Wildman–Crippen LogP) is 4.42. The van der Waals surface area contributed by atoms with Crippen LogP contribution in [-0.2, 0) is 11.2 Å². The van der Waals surface area contributed by atoms with E-state index < -0.39 is 0 Å². The van der Waals surface area contributed by atoms with Crippen molar-refractivity contribution in [3.05, 3.63) is 95.8 Å². The van der Waals surface area contributed by atoms with Crippen molar-refractivity contribution in [1.82, 2.24) is 9.55 Å². The number of para-hydroxylation sites is 3. The van der Waals surface area contributed by atoms with E-state index in [-0.39, 0.29) is 17.7 Å². The van der Waals surface area contributed by atoms with Crippen molar-refractivity contribution in [2.45, 2.75) is 19.3 Å². The molecule has 1 aliphatic rings. The summed E-state index contributed by atoms with van der Waals surface area (Å²) < 4.78 is 1.66. The molecule has 5 rings (SSSR count). The fraction of sp³-hybridized carbons (Fsp3) is 0.160. The number of fused-ring (bicyclic) bond motifs is 2. The number of anilines is 1. The molecule has 5 heteroatoms. The number of hydrogen-bond acceptors (Lipinski definition) is 3. The van der Waals surface area contributed by atoms with Crippen molar-refractivity contribution in [3.8, 4) is 0 Å². The van der Waals surface area contributed by atoms with Gasteiger partial charge in [0, 0.05) is 24.2 Å². The lowest BCUT2D eigenvalue weighted by atomic mass is 9.97. The molecule has 30 heavy (non-hydrogen) atoms. The Morgan fingerprint density at radius 2 is 1.63 bits per heavy atom. The van der Waals surface area contributed by atoms with Crippen LogP contribution in [0.15, 0.2) is 78.9 Å². The molecule has 1 amide bonds. The van der Waals surface area contributed by atoms with Gasteiger partial charge in [-0.2, -0.15) is 0 Å². The molecule has 0 bridgehead atoms. The normalized spacial score (nSPS) is 15.6. The van der Waals surface area contributed by atoms with E-state index >= 15 is 0 Å². The van der Waals surface area contributed by atoms with Gasteiger partial charge in [-0.1, -0.05) is 48.5 Å². The van der Waals surface area contributed by atoms with Crippen LogP contribution in [0.1, 0.15) is 34.6 Å². The van der Waals surface area contributed by atoms with E-state index in [4.69, 9.17) is 4.98 Å². The highest BCUT2D eigenvalue weighted by Crippen LogP contribution is 2.39. The highest BCUT2D eigenvalue weighted by atomic mass is 16.2. The Bertz CT molecular complexity index is 1260. The van der Waals surface area contributed by atoms with Crippen molar-refractivity contribution in [2.75, 3.05) is 11.4 Å². The molecule has 0 saturated carbocycles. The average Bonchev–Trinajstić information content (AvgIpc) is 3.29. The number of amides is 1. The van der Waals surface area contributed by atoms with Gasteiger partial charge in [0.1, 0.15) is 5.82 Å². The highest BCUT2D eigenvalue weighted by molar-refractivity contribution is 6.05. The molecule has 2 heterocycles. The van der Waals surface area contributed by atoms with Gasteiger partial charge in [-0.05, 0) is 42.8 Å². The molecule has 0 N–H and O–H groups in total. The number of benzene rings is 3. The zero-order valence-corrected chi connectivity index (χ0v) is 16.7. The van der Waals surface area contributed by atoms with E-state index in [1.807, 2.05) is 78.6 Å². The molecular formula is C25H21N3O2. The van der Waals surface area contributed by atoms with Crippen molar-refractivity contribution >= 4 is 28.5 Å². The summed E-state index contributed by atoms with van der Waals surface area (Å²) in [5.74, 6) is 0.186. The van der Waals surface area contributed by atoms with Crippen LogP contribution in [0.2, 0.25) is 0 Å². The van der Waals surface area contributed by atoms with Gasteiger partial charge in [0.2, 0.25) is 5.91 Å². The number of rotatable bonds is 4. The SMILES string of the molecule is CCN1C(=O)C(Cc2nc3ccccc3n2C(=O)c2ccccc2)c2ccccc21. The zero-order valence-electron chi connectivity index (χ0n) is 16.7. The third-order valence-corrected chi connectivity index (χ3v) is 5.72. The zero-order chi connectivity index (χ0) is 20.7. The molecule has 0 saturated heterocycles. The van der Waals surface area contributed by atoms with Gasteiger partial charge in [-0.25, -0.2) is 4.98 Å². The van der Waals surface area contributed by atoms with Gasteiger partial charge in [0.05, 0.1) is 17.0 Å². The van der Waals surface area contributed by atoms with Crippen LogP contribution in [0.25, 0.3) is 11.0 Å². The van der Waals surface area contributed by atoms with Crippen molar-refractivity contribution < 1.29 is 9.59 Å². The Morgan fingerprint density at radius 1 is 0.933 bits per heavy atom. The van der Waals surface area contributed by atoms with Crippen LogP contribution in [-0.4, -0.2) is 27.9 Å². The van der Waals surface area contributed by atoms with Gasteiger partial charge in [0.25, 0.3) is 5.91 Å². The lowest BCUT2D eigenvalue weighted by molar-refractivity contribution is -0.119. The maximum Gasteiger partial charge on any atom is 0.263 e. The van der Waals surface area contributed by atoms with E-state index in [0.29, 0.717) is 24.4 Å². The first kappa shape index (κ1) is 18.3. The van der Waals surface area contributed by atoms with E-state index in [1.54, 1.807) is 16.7 Å². The third kappa shape index (κ3) is 2.82. The first-order valence-corrected chi connectivity index (χ1v) is 10.2. The highest BCUT2D eigenvalue weighted by Gasteiger charge is 2.37. The summed E-state index contributed by atoms with van der Waals surface area (Å²) >= 11 is 0. The molecule has 1 aliphatic heterocycles. The molecular weight excluding hydrogens is 374 g/mol. The van der Waals surface area contributed by atoms with Gasteiger partial charge in [-0.3, -0.25) is 14.2 Å². The summed E-state index contributed by atoms with van der Waals surface area (Å²) in [6.07, 6.45) is 0.375. The number of carbonyl (C=O) groups is 2. The lowest BCUT2D eigenvalue weighted by Gasteiger charge is -2.15. The lowest BCUT2D eigenvalue weighted by Crippen LogP contribution is -2.29.